The molecule has 0 saturated carbocycles. The molecule has 3 N–H and O–H groups in total. The van der Waals surface area contributed by atoms with Gasteiger partial charge in [0.15, 0.2) is 11.5 Å². The molecule has 1 aliphatic rings. The van der Waals surface area contributed by atoms with Gasteiger partial charge in [0.05, 0.1) is 13.2 Å². The van der Waals surface area contributed by atoms with Crippen molar-refractivity contribution in [2.45, 2.75) is 12.5 Å². The van der Waals surface area contributed by atoms with Crippen LogP contribution in [0.5, 0.6) is 11.5 Å². The fourth-order valence-electron chi connectivity index (χ4n) is 3.37. The number of nitrogens with one attached hydrogen (secondary N) is 2. The Bertz CT molecular complexity index is 888. The van der Waals surface area contributed by atoms with E-state index in [9.17, 15) is 5.11 Å². The first-order valence-corrected chi connectivity index (χ1v) is 8.37. The minimum absolute atomic E-state index is 0.0433. The lowest BCUT2D eigenvalue weighted by atomic mass is 9.94. The van der Waals surface area contributed by atoms with Crippen molar-refractivity contribution < 1.29 is 9.84 Å². The van der Waals surface area contributed by atoms with Crippen molar-refractivity contribution in [3.05, 3.63) is 57.7 Å². The van der Waals surface area contributed by atoms with Crippen molar-refractivity contribution in [3.63, 3.8) is 0 Å². The molecule has 2 heterocycles. The largest absolute Gasteiger partial charge is 0.504 e. The van der Waals surface area contributed by atoms with Gasteiger partial charge in [-0.25, -0.2) is 0 Å². The highest BCUT2D eigenvalue weighted by Crippen LogP contribution is 2.37. The second-order valence-electron chi connectivity index (χ2n) is 5.78. The van der Waals surface area contributed by atoms with E-state index in [2.05, 4.69) is 38.4 Å². The summed E-state index contributed by atoms with van der Waals surface area (Å²) in [6, 6.07) is 11.9. The molecule has 0 spiro atoms. The Labute approximate surface area is 142 Å². The number of methoxy groups -OCH3 is 1. The van der Waals surface area contributed by atoms with Crippen molar-refractivity contribution in [2.24, 2.45) is 0 Å². The number of phenolic OH excluding ortho intramolecular Hbond substituents is 1. The predicted octanol–water partition coefficient (Wildman–Crippen LogP) is 3.88. The molecule has 118 valence electrons. The molecule has 23 heavy (non-hydrogen) atoms. The zero-order valence-corrected chi connectivity index (χ0v) is 14.3. The number of aromatic amines is 1. The molecule has 3 aromatic rings. The third-order valence-corrected chi connectivity index (χ3v) is 4.94. The first-order valence-electron chi connectivity index (χ1n) is 7.57. The molecule has 0 bridgehead atoms. The second kappa shape index (κ2) is 5.58. The summed E-state index contributed by atoms with van der Waals surface area (Å²) in [7, 11) is 1.56. The van der Waals surface area contributed by atoms with Gasteiger partial charge in [-0.05, 0) is 47.9 Å². The lowest BCUT2D eigenvalue weighted by Crippen LogP contribution is -2.30. The van der Waals surface area contributed by atoms with E-state index in [-0.39, 0.29) is 11.8 Å². The summed E-state index contributed by atoms with van der Waals surface area (Å²) in [6.07, 6.45) is 0.990. The maximum atomic E-state index is 10.1. The highest BCUT2D eigenvalue weighted by molar-refractivity contribution is 9.10. The van der Waals surface area contributed by atoms with Crippen molar-refractivity contribution in [2.75, 3.05) is 13.7 Å². The van der Waals surface area contributed by atoms with Crippen molar-refractivity contribution in [1.82, 2.24) is 10.3 Å². The molecular weight excluding hydrogens is 356 g/mol. The molecule has 0 saturated heterocycles. The van der Waals surface area contributed by atoms with Gasteiger partial charge in [-0.3, -0.25) is 0 Å². The smallest absolute Gasteiger partial charge is 0.160 e. The van der Waals surface area contributed by atoms with Crippen LogP contribution in [0.2, 0.25) is 0 Å². The minimum Gasteiger partial charge on any atom is -0.504 e. The second-order valence-corrected chi connectivity index (χ2v) is 6.69. The maximum absolute atomic E-state index is 10.1. The van der Waals surface area contributed by atoms with E-state index in [4.69, 9.17) is 4.74 Å². The Balaban J connectivity index is 1.84. The van der Waals surface area contributed by atoms with Gasteiger partial charge < -0.3 is 20.1 Å². The highest BCUT2D eigenvalue weighted by atomic mass is 79.9. The number of benzene rings is 2. The van der Waals surface area contributed by atoms with E-state index in [1.807, 2.05) is 12.1 Å². The normalized spacial score (nSPS) is 17.2. The van der Waals surface area contributed by atoms with Crippen LogP contribution in [0.1, 0.15) is 22.9 Å². The van der Waals surface area contributed by atoms with Crippen LogP contribution in [0, 0.1) is 0 Å². The number of aromatic hydroxyl groups is 1. The topological polar surface area (TPSA) is 57.3 Å². The third-order valence-electron chi connectivity index (χ3n) is 4.45. The summed E-state index contributed by atoms with van der Waals surface area (Å²) in [6.45, 7) is 0.907. The van der Waals surface area contributed by atoms with E-state index in [0.717, 1.165) is 28.5 Å². The van der Waals surface area contributed by atoms with Crippen LogP contribution in [-0.4, -0.2) is 23.7 Å². The number of phenols is 1. The van der Waals surface area contributed by atoms with Gasteiger partial charge in [-0.15, -0.1) is 0 Å². The average molecular weight is 373 g/mol. The number of H-pyrrole nitrogens is 1. The maximum Gasteiger partial charge on any atom is 0.160 e. The molecular formula is C18H17BrN2O2. The van der Waals surface area contributed by atoms with Gasteiger partial charge in [-0.2, -0.15) is 0 Å². The number of fused-ring (bicyclic) bond motifs is 3. The van der Waals surface area contributed by atoms with Gasteiger partial charge in [0.1, 0.15) is 0 Å². The Morgan fingerprint density at radius 2 is 2.09 bits per heavy atom. The van der Waals surface area contributed by atoms with Gasteiger partial charge in [-0.1, -0.05) is 22.0 Å². The highest BCUT2D eigenvalue weighted by Gasteiger charge is 2.25. The summed E-state index contributed by atoms with van der Waals surface area (Å²) < 4.78 is 6.22. The zero-order chi connectivity index (χ0) is 16.0. The van der Waals surface area contributed by atoms with Gasteiger partial charge in [0.2, 0.25) is 0 Å². The molecule has 2 aromatic carbocycles. The Kier molecular flexibility index (Phi) is 3.54. The minimum atomic E-state index is 0.0433. The molecule has 0 fully saturated rings. The van der Waals surface area contributed by atoms with Crippen LogP contribution in [-0.2, 0) is 6.42 Å². The fourth-order valence-corrected chi connectivity index (χ4v) is 3.73. The Hall–Kier alpha value is -1.98. The van der Waals surface area contributed by atoms with E-state index in [0.29, 0.717) is 5.75 Å². The molecule has 1 atom stereocenters. The molecule has 0 amide bonds. The molecule has 0 radical (unpaired) electrons. The van der Waals surface area contributed by atoms with E-state index in [1.54, 1.807) is 19.2 Å². The lowest BCUT2D eigenvalue weighted by Gasteiger charge is -2.25. The fraction of sp³-hybridized carbons (Fsp3) is 0.222. The molecule has 4 rings (SSSR count). The van der Waals surface area contributed by atoms with Gasteiger partial charge in [0, 0.05) is 27.6 Å². The molecule has 0 aliphatic carbocycles. The zero-order valence-electron chi connectivity index (χ0n) is 12.7. The van der Waals surface area contributed by atoms with E-state index >= 15 is 0 Å². The SMILES string of the molecule is COc1ccc(C2NCCc3c2[nH]c2ccc(Br)cc32)cc1O. The van der Waals surface area contributed by atoms with Crippen LogP contribution in [0.25, 0.3) is 10.9 Å². The lowest BCUT2D eigenvalue weighted by molar-refractivity contribution is 0.372. The quantitative estimate of drug-likeness (QED) is 0.639. The molecule has 1 unspecified atom stereocenters. The number of halogens is 1. The Morgan fingerprint density at radius 1 is 1.22 bits per heavy atom. The number of hydrogen-bond acceptors (Lipinski definition) is 3. The van der Waals surface area contributed by atoms with E-state index < -0.39 is 0 Å². The van der Waals surface area contributed by atoms with Crippen LogP contribution < -0.4 is 10.1 Å². The van der Waals surface area contributed by atoms with Crippen molar-refractivity contribution in [1.29, 1.82) is 0 Å². The monoisotopic (exact) mass is 372 g/mol. The van der Waals surface area contributed by atoms with Crippen LogP contribution in [0.3, 0.4) is 0 Å². The summed E-state index contributed by atoms with van der Waals surface area (Å²) in [4.78, 5) is 3.54. The first kappa shape index (κ1) is 14.6. The predicted molar refractivity (Wildman–Crippen MR) is 94.2 cm³/mol. The van der Waals surface area contributed by atoms with Crippen molar-refractivity contribution in [3.8, 4) is 11.5 Å². The average Bonchev–Trinajstić information content (AvgIpc) is 2.92. The molecule has 5 heteroatoms. The van der Waals surface area contributed by atoms with Crippen LogP contribution in [0.15, 0.2) is 40.9 Å². The number of ether oxygens (including phenoxy) is 1. The number of aromatic nitrogens is 1. The summed E-state index contributed by atoms with van der Waals surface area (Å²) in [5.74, 6) is 0.656. The summed E-state index contributed by atoms with van der Waals surface area (Å²) in [5, 5.41) is 14.9. The molecule has 4 nitrogen and oxygen atoms in total. The van der Waals surface area contributed by atoms with E-state index in [1.165, 1.54) is 16.6 Å². The number of hydrogen-bond donors (Lipinski definition) is 3. The summed E-state index contributed by atoms with van der Waals surface area (Å²) >= 11 is 3.55. The first-order chi connectivity index (χ1) is 11.2. The number of rotatable bonds is 2. The molecule has 1 aromatic heterocycles. The Morgan fingerprint density at radius 3 is 2.87 bits per heavy atom. The van der Waals surface area contributed by atoms with Gasteiger partial charge >= 0.3 is 0 Å². The molecule has 1 aliphatic heterocycles. The van der Waals surface area contributed by atoms with Crippen molar-refractivity contribution >= 4 is 26.8 Å². The van der Waals surface area contributed by atoms with Crippen LogP contribution >= 0.6 is 15.9 Å². The summed E-state index contributed by atoms with van der Waals surface area (Å²) in [5.41, 5.74) is 4.69. The standard InChI is InChI=1S/C18H17BrN2O2/c1-23-16-5-2-10(8-15(16)22)17-18-12(6-7-20-17)13-9-11(19)3-4-14(13)21-18/h2-5,8-9,17,20-22H,6-7H2,1H3. The van der Waals surface area contributed by atoms with Crippen LogP contribution in [0.4, 0.5) is 0 Å². The third kappa shape index (κ3) is 2.40. The van der Waals surface area contributed by atoms with Gasteiger partial charge in [0.25, 0.3) is 0 Å².